The first-order valence-corrected chi connectivity index (χ1v) is 9.06. The third-order valence-corrected chi connectivity index (χ3v) is 4.52. The number of benzene rings is 1. The summed E-state index contributed by atoms with van der Waals surface area (Å²) in [6, 6.07) is 7.61. The van der Waals surface area contributed by atoms with Crippen molar-refractivity contribution in [3.8, 4) is 0 Å². The highest BCUT2D eigenvalue weighted by Crippen LogP contribution is 2.24. The van der Waals surface area contributed by atoms with E-state index in [-0.39, 0.29) is 18.4 Å². The third-order valence-electron chi connectivity index (χ3n) is 4.52. The van der Waals surface area contributed by atoms with Crippen LogP contribution in [0.5, 0.6) is 0 Å². The van der Waals surface area contributed by atoms with Gasteiger partial charge in [0.25, 0.3) is 0 Å². The Morgan fingerprint density at radius 3 is 2.77 bits per heavy atom. The fraction of sp³-hybridized carbons (Fsp3) is 0.474. The Kier molecular flexibility index (Phi) is 6.25. The van der Waals surface area contributed by atoms with Crippen molar-refractivity contribution in [1.29, 1.82) is 0 Å². The molecule has 1 aliphatic rings. The Morgan fingerprint density at radius 2 is 2.00 bits per heavy atom. The van der Waals surface area contributed by atoms with Crippen molar-refractivity contribution in [2.45, 2.75) is 19.9 Å². The molecule has 0 radical (unpaired) electrons. The SMILES string of the molecule is CC(=O)Nc1cccc2c1ccn2CC(=O)NCCCN1CCOCC1. The molecule has 0 spiro atoms. The molecule has 0 atom stereocenters. The third kappa shape index (κ3) is 4.83. The summed E-state index contributed by atoms with van der Waals surface area (Å²) >= 11 is 0. The van der Waals surface area contributed by atoms with Gasteiger partial charge in [-0.1, -0.05) is 6.07 Å². The van der Waals surface area contributed by atoms with Crippen LogP contribution in [0.2, 0.25) is 0 Å². The molecule has 2 aromatic rings. The molecular formula is C19H26N4O3. The maximum Gasteiger partial charge on any atom is 0.239 e. The standard InChI is InChI=1S/C19H26N4O3/c1-15(24)21-17-4-2-5-18-16(17)6-9-23(18)14-19(25)20-7-3-8-22-10-12-26-13-11-22/h2,4-6,9H,3,7-8,10-14H2,1H3,(H,20,25)(H,21,24). The number of hydrogen-bond donors (Lipinski definition) is 2. The van der Waals surface area contributed by atoms with E-state index in [0.29, 0.717) is 6.54 Å². The predicted octanol–water partition coefficient (Wildman–Crippen LogP) is 1.44. The Morgan fingerprint density at radius 1 is 1.19 bits per heavy atom. The van der Waals surface area contributed by atoms with Crippen LogP contribution in [-0.4, -0.2) is 60.7 Å². The van der Waals surface area contributed by atoms with Crippen molar-refractivity contribution in [3.63, 3.8) is 0 Å². The van der Waals surface area contributed by atoms with E-state index >= 15 is 0 Å². The summed E-state index contributed by atoms with van der Waals surface area (Å²) in [5.74, 6) is -0.113. The highest BCUT2D eigenvalue weighted by atomic mass is 16.5. The van der Waals surface area contributed by atoms with Gasteiger partial charge in [-0.15, -0.1) is 0 Å². The van der Waals surface area contributed by atoms with E-state index in [1.54, 1.807) is 0 Å². The van der Waals surface area contributed by atoms with Crippen LogP contribution in [0, 0.1) is 0 Å². The summed E-state index contributed by atoms with van der Waals surface area (Å²) < 4.78 is 7.23. The number of fused-ring (bicyclic) bond motifs is 1. The number of ether oxygens (including phenoxy) is 1. The Labute approximate surface area is 153 Å². The van der Waals surface area contributed by atoms with Crippen LogP contribution in [0.4, 0.5) is 5.69 Å². The maximum absolute atomic E-state index is 12.2. The van der Waals surface area contributed by atoms with E-state index in [2.05, 4.69) is 15.5 Å². The summed E-state index contributed by atoms with van der Waals surface area (Å²) in [5, 5.41) is 6.74. The van der Waals surface area contributed by atoms with Crippen LogP contribution in [0.25, 0.3) is 10.9 Å². The van der Waals surface area contributed by atoms with Gasteiger partial charge in [0.05, 0.1) is 24.4 Å². The monoisotopic (exact) mass is 358 g/mol. The Balaban J connectivity index is 1.50. The summed E-state index contributed by atoms with van der Waals surface area (Å²) in [7, 11) is 0. The zero-order valence-electron chi connectivity index (χ0n) is 15.2. The van der Waals surface area contributed by atoms with Crippen molar-refractivity contribution in [2.24, 2.45) is 0 Å². The maximum atomic E-state index is 12.2. The number of carbonyl (C=O) groups excluding carboxylic acids is 2. The number of hydrogen-bond acceptors (Lipinski definition) is 4. The van der Waals surface area contributed by atoms with Crippen LogP contribution in [0.1, 0.15) is 13.3 Å². The van der Waals surface area contributed by atoms with E-state index in [4.69, 9.17) is 4.74 Å². The summed E-state index contributed by atoms with van der Waals surface area (Å²) in [4.78, 5) is 25.9. The lowest BCUT2D eigenvalue weighted by Gasteiger charge is -2.26. The highest BCUT2D eigenvalue weighted by molar-refractivity contribution is 6.01. The van der Waals surface area contributed by atoms with Gasteiger partial charge in [-0.2, -0.15) is 0 Å². The number of carbonyl (C=O) groups is 2. The average molecular weight is 358 g/mol. The molecule has 1 aromatic carbocycles. The molecule has 1 aromatic heterocycles. The van der Waals surface area contributed by atoms with Gasteiger partial charge >= 0.3 is 0 Å². The Bertz CT molecular complexity index is 765. The minimum absolute atomic E-state index is 0.00518. The molecule has 0 aliphatic carbocycles. The van der Waals surface area contributed by atoms with E-state index < -0.39 is 0 Å². The van der Waals surface area contributed by atoms with Crippen LogP contribution in [-0.2, 0) is 20.9 Å². The molecule has 0 unspecified atom stereocenters. The quantitative estimate of drug-likeness (QED) is 0.735. The minimum atomic E-state index is -0.108. The Hall–Kier alpha value is -2.38. The van der Waals surface area contributed by atoms with Crippen LogP contribution in [0.15, 0.2) is 30.5 Å². The largest absolute Gasteiger partial charge is 0.379 e. The predicted molar refractivity (Wildman–Crippen MR) is 101 cm³/mol. The van der Waals surface area contributed by atoms with E-state index in [9.17, 15) is 9.59 Å². The molecular weight excluding hydrogens is 332 g/mol. The topological polar surface area (TPSA) is 75.6 Å². The van der Waals surface area contributed by atoms with Crippen molar-refractivity contribution in [1.82, 2.24) is 14.8 Å². The normalized spacial score (nSPS) is 15.1. The lowest BCUT2D eigenvalue weighted by Crippen LogP contribution is -2.38. The van der Waals surface area contributed by atoms with Crippen LogP contribution < -0.4 is 10.6 Å². The molecule has 3 rings (SSSR count). The van der Waals surface area contributed by atoms with E-state index in [0.717, 1.165) is 55.9 Å². The van der Waals surface area contributed by atoms with Gasteiger partial charge in [-0.05, 0) is 31.2 Å². The molecule has 0 saturated carbocycles. The molecule has 0 bridgehead atoms. The first kappa shape index (κ1) is 18.4. The second kappa shape index (κ2) is 8.82. The fourth-order valence-corrected chi connectivity index (χ4v) is 3.23. The minimum Gasteiger partial charge on any atom is -0.379 e. The molecule has 7 heteroatoms. The number of nitrogens with one attached hydrogen (secondary N) is 2. The number of nitrogens with zero attached hydrogens (tertiary/aromatic N) is 2. The van der Waals surface area contributed by atoms with Crippen LogP contribution >= 0.6 is 0 Å². The molecule has 2 heterocycles. The second-order valence-corrected chi connectivity index (χ2v) is 6.52. The molecule has 1 aliphatic heterocycles. The summed E-state index contributed by atoms with van der Waals surface area (Å²) in [6.45, 7) is 6.95. The average Bonchev–Trinajstić information content (AvgIpc) is 3.03. The van der Waals surface area contributed by atoms with Crippen molar-refractivity contribution >= 4 is 28.4 Å². The molecule has 140 valence electrons. The molecule has 1 saturated heterocycles. The lowest BCUT2D eigenvalue weighted by atomic mass is 10.2. The van der Waals surface area contributed by atoms with Crippen molar-refractivity contribution < 1.29 is 14.3 Å². The zero-order chi connectivity index (χ0) is 18.4. The summed E-state index contributed by atoms with van der Waals surface area (Å²) in [5.41, 5.74) is 1.69. The molecule has 7 nitrogen and oxygen atoms in total. The van der Waals surface area contributed by atoms with Gasteiger partial charge in [0.1, 0.15) is 6.54 Å². The highest BCUT2D eigenvalue weighted by Gasteiger charge is 2.11. The molecule has 2 N–H and O–H groups in total. The van der Waals surface area contributed by atoms with Gasteiger partial charge in [0, 0.05) is 38.1 Å². The first-order valence-electron chi connectivity index (χ1n) is 9.06. The smallest absolute Gasteiger partial charge is 0.239 e. The lowest BCUT2D eigenvalue weighted by molar-refractivity contribution is -0.121. The van der Waals surface area contributed by atoms with Crippen LogP contribution in [0.3, 0.4) is 0 Å². The van der Waals surface area contributed by atoms with Gasteiger partial charge in [-0.25, -0.2) is 0 Å². The fourth-order valence-electron chi connectivity index (χ4n) is 3.23. The number of morpholine rings is 1. The van der Waals surface area contributed by atoms with Crippen molar-refractivity contribution in [2.75, 3.05) is 44.7 Å². The number of anilines is 1. The number of rotatable bonds is 7. The molecule has 1 fully saturated rings. The van der Waals surface area contributed by atoms with E-state index in [1.165, 1.54) is 6.92 Å². The van der Waals surface area contributed by atoms with Gasteiger partial charge in [0.15, 0.2) is 0 Å². The van der Waals surface area contributed by atoms with E-state index in [1.807, 2.05) is 35.0 Å². The number of aromatic nitrogens is 1. The van der Waals surface area contributed by atoms with Crippen molar-refractivity contribution in [3.05, 3.63) is 30.5 Å². The van der Waals surface area contributed by atoms with Gasteiger partial charge in [-0.3, -0.25) is 14.5 Å². The van der Waals surface area contributed by atoms with Gasteiger partial charge in [0.2, 0.25) is 11.8 Å². The zero-order valence-corrected chi connectivity index (χ0v) is 15.2. The number of amides is 2. The summed E-state index contributed by atoms with van der Waals surface area (Å²) in [6.07, 6.45) is 2.81. The second-order valence-electron chi connectivity index (χ2n) is 6.52. The molecule has 26 heavy (non-hydrogen) atoms. The van der Waals surface area contributed by atoms with Gasteiger partial charge < -0.3 is 19.9 Å². The molecule has 2 amide bonds. The first-order chi connectivity index (χ1) is 12.6.